The molecule has 1 amide bonds. The van der Waals surface area contributed by atoms with E-state index in [2.05, 4.69) is 17.0 Å². The van der Waals surface area contributed by atoms with Crippen molar-refractivity contribution in [3.8, 4) is 0 Å². The minimum absolute atomic E-state index is 0.0368. The first-order valence-corrected chi connectivity index (χ1v) is 10.5. The Morgan fingerprint density at radius 3 is 2.32 bits per heavy atom. The molecule has 0 saturated carbocycles. The molecule has 6 heteroatoms. The third kappa shape index (κ3) is 4.71. The summed E-state index contributed by atoms with van der Waals surface area (Å²) in [6, 6.07) is 10.1. The smallest absolute Gasteiger partial charge is 0.250 e. The Bertz CT molecular complexity index is 656. The molecular weight excluding hydrogens is 362 g/mol. The predicted octanol–water partition coefficient (Wildman–Crippen LogP) is 3.50. The van der Waals surface area contributed by atoms with Gasteiger partial charge in [0.25, 0.3) is 5.92 Å². The topological polar surface area (TPSA) is 32.8 Å². The average molecular weight is 392 g/mol. The van der Waals surface area contributed by atoms with Crippen molar-refractivity contribution in [2.75, 3.05) is 32.7 Å². The second-order valence-electron chi connectivity index (χ2n) is 8.65. The standard InChI is InChI=1S/C22H30F2N2O2/c23-22(24)10-12-25(13-11-22)17-19-16-21(28-19)8-14-26(15-9-21)20(27)7-6-18-4-2-1-3-5-18/h1-5,19H,6-17H2/t19-/m1/s1. The number of ether oxygens (including phenoxy) is 1. The summed E-state index contributed by atoms with van der Waals surface area (Å²) in [6.07, 6.45) is 4.19. The fourth-order valence-corrected chi connectivity index (χ4v) is 4.75. The van der Waals surface area contributed by atoms with Crippen LogP contribution in [-0.4, -0.2) is 66.1 Å². The lowest BCUT2D eigenvalue weighted by Gasteiger charge is -2.53. The average Bonchev–Trinajstić information content (AvgIpc) is 2.68. The zero-order valence-corrected chi connectivity index (χ0v) is 16.4. The Labute approximate surface area is 165 Å². The predicted molar refractivity (Wildman–Crippen MR) is 103 cm³/mol. The van der Waals surface area contributed by atoms with Gasteiger partial charge in [-0.15, -0.1) is 0 Å². The fourth-order valence-electron chi connectivity index (χ4n) is 4.75. The molecule has 1 aromatic rings. The Hall–Kier alpha value is -1.53. The highest BCUT2D eigenvalue weighted by atomic mass is 19.3. The summed E-state index contributed by atoms with van der Waals surface area (Å²) in [5, 5.41) is 0. The number of alkyl halides is 2. The number of amides is 1. The van der Waals surface area contributed by atoms with E-state index >= 15 is 0 Å². The first-order valence-electron chi connectivity index (χ1n) is 10.5. The summed E-state index contributed by atoms with van der Waals surface area (Å²) in [4.78, 5) is 16.6. The lowest BCUT2D eigenvalue weighted by molar-refractivity contribution is -0.231. The van der Waals surface area contributed by atoms with Crippen molar-refractivity contribution in [2.45, 2.75) is 62.6 Å². The van der Waals surface area contributed by atoms with Crippen molar-refractivity contribution < 1.29 is 18.3 Å². The van der Waals surface area contributed by atoms with Crippen LogP contribution < -0.4 is 0 Å². The van der Waals surface area contributed by atoms with Gasteiger partial charge in [0, 0.05) is 58.4 Å². The van der Waals surface area contributed by atoms with Gasteiger partial charge in [-0.2, -0.15) is 0 Å². The van der Waals surface area contributed by atoms with Gasteiger partial charge < -0.3 is 14.5 Å². The Morgan fingerprint density at radius 2 is 1.68 bits per heavy atom. The van der Waals surface area contributed by atoms with Crippen molar-refractivity contribution in [1.82, 2.24) is 9.80 Å². The molecule has 3 aliphatic heterocycles. The second-order valence-corrected chi connectivity index (χ2v) is 8.65. The van der Waals surface area contributed by atoms with Gasteiger partial charge in [-0.1, -0.05) is 30.3 Å². The molecule has 3 fully saturated rings. The Balaban J connectivity index is 1.15. The summed E-state index contributed by atoms with van der Waals surface area (Å²) in [5.41, 5.74) is 1.12. The number of halogens is 2. The summed E-state index contributed by atoms with van der Waals surface area (Å²) < 4.78 is 32.7. The normalized spacial score (nSPS) is 26.8. The molecule has 0 aliphatic carbocycles. The minimum atomic E-state index is -2.49. The van der Waals surface area contributed by atoms with Crippen LogP contribution in [0.4, 0.5) is 8.78 Å². The first kappa shape index (κ1) is 19.8. The molecule has 0 aromatic heterocycles. The third-order valence-electron chi connectivity index (χ3n) is 6.56. The van der Waals surface area contributed by atoms with Crippen LogP contribution in [0.25, 0.3) is 0 Å². The van der Waals surface area contributed by atoms with Gasteiger partial charge in [0.15, 0.2) is 0 Å². The third-order valence-corrected chi connectivity index (χ3v) is 6.56. The van der Waals surface area contributed by atoms with E-state index in [1.165, 1.54) is 5.56 Å². The highest BCUT2D eigenvalue weighted by Crippen LogP contribution is 2.42. The lowest BCUT2D eigenvalue weighted by atomic mass is 9.80. The number of aryl methyl sites for hydroxylation is 1. The maximum atomic E-state index is 13.3. The van der Waals surface area contributed by atoms with E-state index < -0.39 is 5.92 Å². The van der Waals surface area contributed by atoms with Crippen LogP contribution in [0, 0.1) is 0 Å². The number of hydrogen-bond acceptors (Lipinski definition) is 3. The van der Waals surface area contributed by atoms with E-state index in [9.17, 15) is 13.6 Å². The maximum Gasteiger partial charge on any atom is 0.250 e. The van der Waals surface area contributed by atoms with E-state index in [4.69, 9.17) is 4.74 Å². The Kier molecular flexibility index (Phi) is 5.70. The fraction of sp³-hybridized carbons (Fsp3) is 0.682. The second kappa shape index (κ2) is 8.07. The van der Waals surface area contributed by atoms with Crippen LogP contribution in [0.15, 0.2) is 30.3 Å². The molecule has 3 heterocycles. The number of benzene rings is 1. The molecule has 1 aromatic carbocycles. The zero-order valence-electron chi connectivity index (χ0n) is 16.4. The van der Waals surface area contributed by atoms with Gasteiger partial charge in [-0.05, 0) is 24.8 Å². The van der Waals surface area contributed by atoms with E-state index in [0.29, 0.717) is 19.5 Å². The SMILES string of the molecule is O=C(CCc1ccccc1)N1CCC2(CC1)C[C@H](CN1CCC(F)(F)CC1)O2. The number of carbonyl (C=O) groups is 1. The van der Waals surface area contributed by atoms with Crippen molar-refractivity contribution in [3.63, 3.8) is 0 Å². The van der Waals surface area contributed by atoms with Gasteiger partial charge in [-0.25, -0.2) is 8.78 Å². The Morgan fingerprint density at radius 1 is 1.04 bits per heavy atom. The number of carbonyl (C=O) groups excluding carboxylic acids is 1. The van der Waals surface area contributed by atoms with E-state index in [1.807, 2.05) is 23.1 Å². The number of piperidine rings is 2. The van der Waals surface area contributed by atoms with E-state index in [0.717, 1.165) is 45.3 Å². The van der Waals surface area contributed by atoms with Crippen molar-refractivity contribution in [3.05, 3.63) is 35.9 Å². The van der Waals surface area contributed by atoms with Crippen LogP contribution in [0.1, 0.15) is 44.1 Å². The van der Waals surface area contributed by atoms with Crippen molar-refractivity contribution in [2.24, 2.45) is 0 Å². The lowest BCUT2D eigenvalue weighted by Crippen LogP contribution is -2.60. The summed E-state index contributed by atoms with van der Waals surface area (Å²) in [6.45, 7) is 3.21. The summed E-state index contributed by atoms with van der Waals surface area (Å²) in [7, 11) is 0. The highest BCUT2D eigenvalue weighted by molar-refractivity contribution is 5.76. The molecule has 4 nitrogen and oxygen atoms in total. The molecular formula is C22H30F2N2O2. The van der Waals surface area contributed by atoms with Crippen molar-refractivity contribution >= 4 is 5.91 Å². The quantitative estimate of drug-likeness (QED) is 0.769. The first-order chi connectivity index (χ1) is 13.4. The number of nitrogens with zero attached hydrogens (tertiary/aromatic N) is 2. The monoisotopic (exact) mass is 392 g/mol. The molecule has 0 bridgehead atoms. The van der Waals surface area contributed by atoms with Gasteiger partial charge in [0.1, 0.15) is 0 Å². The molecule has 1 atom stereocenters. The summed E-state index contributed by atoms with van der Waals surface area (Å²) in [5.74, 6) is -2.26. The van der Waals surface area contributed by atoms with Crippen LogP contribution >= 0.6 is 0 Å². The molecule has 1 spiro atoms. The summed E-state index contributed by atoms with van der Waals surface area (Å²) >= 11 is 0. The maximum absolute atomic E-state index is 13.3. The molecule has 4 rings (SSSR count). The minimum Gasteiger partial charge on any atom is -0.370 e. The molecule has 3 aliphatic rings. The molecule has 28 heavy (non-hydrogen) atoms. The van der Waals surface area contributed by atoms with Crippen LogP contribution in [0.5, 0.6) is 0 Å². The van der Waals surface area contributed by atoms with E-state index in [-0.39, 0.29) is 30.5 Å². The molecule has 3 saturated heterocycles. The van der Waals surface area contributed by atoms with Gasteiger partial charge in [0.2, 0.25) is 5.91 Å². The molecule has 0 N–H and O–H groups in total. The molecule has 0 radical (unpaired) electrons. The molecule has 0 unspecified atom stereocenters. The van der Waals surface area contributed by atoms with Crippen LogP contribution in [0.3, 0.4) is 0 Å². The van der Waals surface area contributed by atoms with Gasteiger partial charge in [0.05, 0.1) is 11.7 Å². The number of hydrogen-bond donors (Lipinski definition) is 0. The van der Waals surface area contributed by atoms with Crippen LogP contribution in [0.2, 0.25) is 0 Å². The number of rotatable bonds is 5. The van der Waals surface area contributed by atoms with Crippen LogP contribution in [-0.2, 0) is 16.0 Å². The highest BCUT2D eigenvalue weighted by Gasteiger charge is 2.48. The number of likely N-dealkylation sites (tertiary alicyclic amines) is 2. The van der Waals surface area contributed by atoms with Gasteiger partial charge >= 0.3 is 0 Å². The molecule has 154 valence electrons. The van der Waals surface area contributed by atoms with Crippen molar-refractivity contribution in [1.29, 1.82) is 0 Å². The van der Waals surface area contributed by atoms with Gasteiger partial charge in [-0.3, -0.25) is 4.79 Å². The zero-order chi connectivity index (χ0) is 19.6. The van der Waals surface area contributed by atoms with E-state index in [1.54, 1.807) is 0 Å². The largest absolute Gasteiger partial charge is 0.370 e.